The van der Waals surface area contributed by atoms with Crippen molar-refractivity contribution in [3.05, 3.63) is 46.7 Å². The van der Waals surface area contributed by atoms with Gasteiger partial charge < -0.3 is 10.1 Å². The molecule has 1 aromatic carbocycles. The first kappa shape index (κ1) is 16.0. The lowest BCUT2D eigenvalue weighted by Crippen LogP contribution is -2.28. The maximum absolute atomic E-state index is 12.3. The van der Waals surface area contributed by atoms with Crippen LogP contribution in [0.1, 0.15) is 41.7 Å². The van der Waals surface area contributed by atoms with Crippen molar-refractivity contribution in [2.75, 3.05) is 19.7 Å². The summed E-state index contributed by atoms with van der Waals surface area (Å²) in [5.41, 5.74) is 2.34. The molecule has 1 aliphatic heterocycles. The molecule has 0 radical (unpaired) electrons. The summed E-state index contributed by atoms with van der Waals surface area (Å²) in [4.78, 5) is 12.3. The summed E-state index contributed by atoms with van der Waals surface area (Å²) in [7, 11) is 0. The van der Waals surface area contributed by atoms with Crippen LogP contribution in [0.25, 0.3) is 5.69 Å². The third-order valence-electron chi connectivity index (χ3n) is 4.08. The predicted octanol–water partition coefficient (Wildman–Crippen LogP) is 3.17. The third-order valence-corrected chi connectivity index (χ3v) is 4.32. The Kier molecular flexibility index (Phi) is 4.98. The number of benzene rings is 1. The molecule has 0 aliphatic carbocycles. The lowest BCUT2D eigenvalue weighted by Gasteiger charge is -2.24. The van der Waals surface area contributed by atoms with Crippen molar-refractivity contribution >= 4 is 17.6 Å². The number of carbonyl (C=O) groups is 1. The number of esters is 1. The summed E-state index contributed by atoms with van der Waals surface area (Å²) in [6, 6.07) is 7.51. The van der Waals surface area contributed by atoms with Gasteiger partial charge in [0.05, 0.1) is 24.2 Å². The van der Waals surface area contributed by atoms with Crippen LogP contribution < -0.4 is 5.32 Å². The number of hydrogen-bond acceptors (Lipinski definition) is 4. The average molecular weight is 334 g/mol. The molecule has 2 aromatic rings. The smallest absolute Gasteiger partial charge is 0.341 e. The van der Waals surface area contributed by atoms with Crippen LogP contribution in [-0.4, -0.2) is 35.4 Å². The normalized spacial score (nSPS) is 15.6. The molecular formula is C17H20ClN3O2. The molecule has 5 nitrogen and oxygen atoms in total. The maximum atomic E-state index is 12.3. The van der Waals surface area contributed by atoms with Gasteiger partial charge in [-0.1, -0.05) is 17.7 Å². The van der Waals surface area contributed by atoms with Crippen molar-refractivity contribution in [2.24, 2.45) is 0 Å². The highest BCUT2D eigenvalue weighted by Gasteiger charge is 2.27. The van der Waals surface area contributed by atoms with Crippen LogP contribution in [0.3, 0.4) is 0 Å². The fourth-order valence-electron chi connectivity index (χ4n) is 3.03. The van der Waals surface area contributed by atoms with Gasteiger partial charge in [-0.15, -0.1) is 0 Å². The van der Waals surface area contributed by atoms with Crippen molar-refractivity contribution < 1.29 is 9.53 Å². The minimum atomic E-state index is -0.311. The molecule has 2 heterocycles. The van der Waals surface area contributed by atoms with Crippen molar-refractivity contribution in [1.29, 1.82) is 0 Å². The van der Waals surface area contributed by atoms with Crippen LogP contribution >= 0.6 is 11.6 Å². The van der Waals surface area contributed by atoms with Gasteiger partial charge in [-0.05, 0) is 51.1 Å². The number of piperidine rings is 1. The van der Waals surface area contributed by atoms with E-state index in [-0.39, 0.29) is 11.9 Å². The van der Waals surface area contributed by atoms with Gasteiger partial charge in [0.25, 0.3) is 0 Å². The molecule has 0 spiro atoms. The fraction of sp³-hybridized carbons (Fsp3) is 0.412. The zero-order valence-electron chi connectivity index (χ0n) is 13.1. The summed E-state index contributed by atoms with van der Waals surface area (Å²) in [5, 5.41) is 8.44. The van der Waals surface area contributed by atoms with Crippen molar-refractivity contribution in [2.45, 2.75) is 25.7 Å². The van der Waals surface area contributed by atoms with Gasteiger partial charge in [0.2, 0.25) is 0 Å². The van der Waals surface area contributed by atoms with Gasteiger partial charge in [0.15, 0.2) is 0 Å². The summed E-state index contributed by atoms with van der Waals surface area (Å²) < 4.78 is 7.03. The second-order valence-electron chi connectivity index (χ2n) is 5.58. The van der Waals surface area contributed by atoms with E-state index in [1.807, 2.05) is 35.9 Å². The van der Waals surface area contributed by atoms with E-state index in [1.54, 1.807) is 6.20 Å². The Bertz CT molecular complexity index is 693. The van der Waals surface area contributed by atoms with E-state index in [4.69, 9.17) is 16.3 Å². The largest absolute Gasteiger partial charge is 0.462 e. The molecule has 0 bridgehead atoms. The molecule has 122 valence electrons. The van der Waals surface area contributed by atoms with E-state index in [9.17, 15) is 4.79 Å². The Hall–Kier alpha value is -1.85. The molecule has 6 heteroatoms. The second-order valence-corrected chi connectivity index (χ2v) is 6.02. The number of ether oxygens (including phenoxy) is 1. The van der Waals surface area contributed by atoms with Gasteiger partial charge in [0, 0.05) is 10.9 Å². The molecule has 1 aliphatic rings. The summed E-state index contributed by atoms with van der Waals surface area (Å²) >= 11 is 6.11. The number of nitrogens with one attached hydrogen (secondary N) is 1. The number of rotatable bonds is 4. The van der Waals surface area contributed by atoms with E-state index in [2.05, 4.69) is 10.4 Å². The van der Waals surface area contributed by atoms with Gasteiger partial charge >= 0.3 is 5.97 Å². The van der Waals surface area contributed by atoms with E-state index in [1.165, 1.54) is 0 Å². The highest BCUT2D eigenvalue weighted by Crippen LogP contribution is 2.31. The minimum absolute atomic E-state index is 0.275. The Morgan fingerprint density at radius 2 is 2.22 bits per heavy atom. The number of halogens is 1. The monoisotopic (exact) mass is 333 g/mol. The molecule has 1 N–H and O–H groups in total. The van der Waals surface area contributed by atoms with E-state index < -0.39 is 0 Å². The number of nitrogens with zero attached hydrogens (tertiary/aromatic N) is 2. The lowest BCUT2D eigenvalue weighted by atomic mass is 9.92. The van der Waals surface area contributed by atoms with Crippen LogP contribution in [0.4, 0.5) is 0 Å². The zero-order chi connectivity index (χ0) is 16.2. The average Bonchev–Trinajstić information content (AvgIpc) is 3.01. The van der Waals surface area contributed by atoms with Crippen molar-refractivity contribution in [3.8, 4) is 5.69 Å². The van der Waals surface area contributed by atoms with Gasteiger partial charge in [-0.3, -0.25) is 0 Å². The molecule has 0 amide bonds. The highest BCUT2D eigenvalue weighted by atomic mass is 35.5. The molecule has 23 heavy (non-hydrogen) atoms. The predicted molar refractivity (Wildman–Crippen MR) is 89.4 cm³/mol. The Labute approximate surface area is 140 Å². The van der Waals surface area contributed by atoms with Gasteiger partial charge in [0.1, 0.15) is 5.56 Å². The molecule has 1 fully saturated rings. The van der Waals surface area contributed by atoms with Crippen LogP contribution in [0.5, 0.6) is 0 Å². The van der Waals surface area contributed by atoms with E-state index in [0.717, 1.165) is 37.3 Å². The quantitative estimate of drug-likeness (QED) is 0.873. The third kappa shape index (κ3) is 3.41. The standard InChI is InChI=1S/C17H20ClN3O2/c1-2-23-17(22)15-11-20-21(14-5-3-4-13(18)10-14)16(15)12-6-8-19-9-7-12/h3-5,10-12,19H,2,6-9H2,1H3. The summed E-state index contributed by atoms with van der Waals surface area (Å²) in [5.74, 6) is -0.0357. The van der Waals surface area contributed by atoms with E-state index in [0.29, 0.717) is 17.2 Å². The molecule has 3 rings (SSSR count). The first-order chi connectivity index (χ1) is 11.2. The number of hydrogen-bond donors (Lipinski definition) is 1. The van der Waals surface area contributed by atoms with Crippen molar-refractivity contribution in [3.63, 3.8) is 0 Å². The fourth-order valence-corrected chi connectivity index (χ4v) is 3.21. The van der Waals surface area contributed by atoms with Gasteiger partial charge in [-0.2, -0.15) is 5.10 Å². The number of aromatic nitrogens is 2. The summed E-state index contributed by atoms with van der Waals surface area (Å²) in [6.45, 7) is 4.04. The molecule has 0 saturated carbocycles. The number of carbonyl (C=O) groups excluding carboxylic acids is 1. The first-order valence-corrected chi connectivity index (χ1v) is 8.30. The van der Waals surface area contributed by atoms with Gasteiger partial charge in [-0.25, -0.2) is 9.48 Å². The van der Waals surface area contributed by atoms with Crippen LogP contribution in [0.15, 0.2) is 30.5 Å². The van der Waals surface area contributed by atoms with E-state index >= 15 is 0 Å². The second kappa shape index (κ2) is 7.15. The topological polar surface area (TPSA) is 56.1 Å². The lowest BCUT2D eigenvalue weighted by molar-refractivity contribution is 0.0524. The Balaban J connectivity index is 2.06. The Morgan fingerprint density at radius 3 is 2.91 bits per heavy atom. The minimum Gasteiger partial charge on any atom is -0.462 e. The first-order valence-electron chi connectivity index (χ1n) is 7.92. The molecule has 0 unspecified atom stereocenters. The molecular weight excluding hydrogens is 314 g/mol. The van der Waals surface area contributed by atoms with Crippen LogP contribution in [-0.2, 0) is 4.74 Å². The molecule has 1 aromatic heterocycles. The summed E-state index contributed by atoms with van der Waals surface area (Å²) in [6.07, 6.45) is 3.55. The SMILES string of the molecule is CCOC(=O)c1cnn(-c2cccc(Cl)c2)c1C1CCNCC1. The highest BCUT2D eigenvalue weighted by molar-refractivity contribution is 6.30. The van der Waals surface area contributed by atoms with Crippen LogP contribution in [0.2, 0.25) is 5.02 Å². The van der Waals surface area contributed by atoms with Crippen LogP contribution in [0, 0.1) is 0 Å². The Morgan fingerprint density at radius 1 is 1.43 bits per heavy atom. The zero-order valence-corrected chi connectivity index (χ0v) is 13.8. The maximum Gasteiger partial charge on any atom is 0.341 e. The molecule has 0 atom stereocenters. The van der Waals surface area contributed by atoms with Crippen molar-refractivity contribution in [1.82, 2.24) is 15.1 Å². The molecule has 1 saturated heterocycles.